The molecule has 1 aromatic rings. The molecule has 0 unspecified atom stereocenters. The molecular formula is C5H7N3OS. The molecule has 0 aliphatic rings. The topological polar surface area (TPSA) is 68.0 Å². The monoisotopic (exact) mass is 157 g/mol. The third-order valence-corrected chi connectivity index (χ3v) is 1.68. The second-order valence-electron chi connectivity index (χ2n) is 1.64. The number of primary amides is 1. The van der Waals surface area contributed by atoms with Crippen molar-refractivity contribution in [2.45, 2.75) is 6.54 Å². The second kappa shape index (κ2) is 3.17. The Hall–Kier alpha value is -1.10. The van der Waals surface area contributed by atoms with Gasteiger partial charge >= 0.3 is 6.03 Å². The number of rotatable bonds is 2. The minimum atomic E-state index is -0.518. The number of aromatic nitrogens is 1. The van der Waals surface area contributed by atoms with E-state index >= 15 is 0 Å². The highest BCUT2D eigenvalue weighted by Gasteiger charge is 1.94. The van der Waals surface area contributed by atoms with E-state index < -0.39 is 6.03 Å². The molecule has 0 radical (unpaired) electrons. The normalized spacial score (nSPS) is 9.20. The number of carbonyl (C=O) groups excluding carboxylic acids is 1. The van der Waals surface area contributed by atoms with Crippen LogP contribution in [0.4, 0.5) is 4.79 Å². The number of urea groups is 1. The van der Waals surface area contributed by atoms with Crippen LogP contribution in [0.3, 0.4) is 0 Å². The van der Waals surface area contributed by atoms with Gasteiger partial charge in [-0.15, -0.1) is 11.3 Å². The van der Waals surface area contributed by atoms with Gasteiger partial charge in [-0.1, -0.05) is 0 Å². The van der Waals surface area contributed by atoms with Gasteiger partial charge in [-0.2, -0.15) is 0 Å². The summed E-state index contributed by atoms with van der Waals surface area (Å²) in [7, 11) is 0. The van der Waals surface area contributed by atoms with Crippen LogP contribution in [0.1, 0.15) is 5.01 Å². The zero-order valence-electron chi connectivity index (χ0n) is 5.20. The van der Waals surface area contributed by atoms with Crippen LogP contribution in [0.25, 0.3) is 0 Å². The fourth-order valence-electron chi connectivity index (χ4n) is 0.503. The van der Waals surface area contributed by atoms with Crippen LogP contribution < -0.4 is 11.1 Å². The highest BCUT2D eigenvalue weighted by Crippen LogP contribution is 2.01. The van der Waals surface area contributed by atoms with Crippen LogP contribution in [-0.2, 0) is 6.54 Å². The summed E-state index contributed by atoms with van der Waals surface area (Å²) in [5.41, 5.74) is 4.84. The summed E-state index contributed by atoms with van der Waals surface area (Å²) in [4.78, 5) is 14.1. The van der Waals surface area contributed by atoms with Crippen molar-refractivity contribution >= 4 is 17.4 Å². The molecular weight excluding hydrogens is 150 g/mol. The first-order valence-corrected chi connectivity index (χ1v) is 3.58. The van der Waals surface area contributed by atoms with Crippen LogP contribution in [0.15, 0.2) is 11.6 Å². The minimum Gasteiger partial charge on any atom is -0.352 e. The highest BCUT2D eigenvalue weighted by molar-refractivity contribution is 7.09. The van der Waals surface area contributed by atoms with Gasteiger partial charge in [0.2, 0.25) is 0 Å². The molecule has 0 bridgehead atoms. The maximum Gasteiger partial charge on any atom is 0.312 e. The molecule has 2 amide bonds. The number of nitrogens with one attached hydrogen (secondary N) is 1. The average molecular weight is 157 g/mol. The van der Waals surface area contributed by atoms with Crippen LogP contribution in [0, 0.1) is 0 Å². The minimum absolute atomic E-state index is 0.424. The molecule has 0 saturated carbocycles. The Labute approximate surface area is 62.1 Å². The first kappa shape index (κ1) is 7.01. The first-order valence-electron chi connectivity index (χ1n) is 2.70. The maximum absolute atomic E-state index is 10.2. The van der Waals surface area contributed by atoms with E-state index in [0.717, 1.165) is 5.01 Å². The third-order valence-electron chi connectivity index (χ3n) is 0.897. The summed E-state index contributed by atoms with van der Waals surface area (Å²) in [5, 5.41) is 5.14. The molecule has 0 spiro atoms. The zero-order chi connectivity index (χ0) is 7.40. The van der Waals surface area contributed by atoms with Gasteiger partial charge in [0.25, 0.3) is 0 Å². The number of nitrogens with two attached hydrogens (primary N) is 1. The van der Waals surface area contributed by atoms with E-state index in [1.54, 1.807) is 6.20 Å². The van der Waals surface area contributed by atoms with Gasteiger partial charge in [0.15, 0.2) is 0 Å². The third kappa shape index (κ3) is 2.02. The Morgan fingerprint density at radius 2 is 2.70 bits per heavy atom. The van der Waals surface area contributed by atoms with Gasteiger partial charge < -0.3 is 11.1 Å². The standard InChI is InChI=1S/C5H7N3OS/c6-5(9)8-3-4-7-1-2-10-4/h1-2H,3H2,(H3,6,8,9). The summed E-state index contributed by atoms with van der Waals surface area (Å²) >= 11 is 1.48. The average Bonchev–Trinajstić information content (AvgIpc) is 2.34. The van der Waals surface area contributed by atoms with E-state index in [1.165, 1.54) is 11.3 Å². The van der Waals surface area contributed by atoms with Crippen LogP contribution in [0.5, 0.6) is 0 Å². The highest BCUT2D eigenvalue weighted by atomic mass is 32.1. The van der Waals surface area contributed by atoms with Crippen LogP contribution in [-0.4, -0.2) is 11.0 Å². The molecule has 0 atom stereocenters. The van der Waals surface area contributed by atoms with E-state index in [0.29, 0.717) is 6.54 Å². The van der Waals surface area contributed by atoms with E-state index in [-0.39, 0.29) is 0 Å². The van der Waals surface area contributed by atoms with Crippen molar-refractivity contribution in [2.24, 2.45) is 5.73 Å². The lowest BCUT2D eigenvalue weighted by molar-refractivity contribution is 0.248. The fraction of sp³-hybridized carbons (Fsp3) is 0.200. The molecule has 0 saturated heterocycles. The molecule has 0 fully saturated rings. The van der Waals surface area contributed by atoms with Crippen LogP contribution >= 0.6 is 11.3 Å². The molecule has 1 heterocycles. The molecule has 3 N–H and O–H groups in total. The second-order valence-corrected chi connectivity index (χ2v) is 2.62. The first-order chi connectivity index (χ1) is 4.79. The maximum atomic E-state index is 10.2. The lowest BCUT2D eigenvalue weighted by Crippen LogP contribution is -2.28. The molecule has 1 rings (SSSR count). The Morgan fingerprint density at radius 3 is 3.20 bits per heavy atom. The summed E-state index contributed by atoms with van der Waals surface area (Å²) in [5.74, 6) is 0. The zero-order valence-corrected chi connectivity index (χ0v) is 6.02. The molecule has 5 heteroatoms. The summed E-state index contributed by atoms with van der Waals surface area (Å²) in [6.45, 7) is 0.424. The van der Waals surface area contributed by atoms with E-state index in [1.807, 2.05) is 5.38 Å². The quantitative estimate of drug-likeness (QED) is 0.648. The van der Waals surface area contributed by atoms with Crippen molar-refractivity contribution in [1.29, 1.82) is 0 Å². The van der Waals surface area contributed by atoms with Gasteiger partial charge in [-0.25, -0.2) is 9.78 Å². The predicted molar refractivity (Wildman–Crippen MR) is 38.5 cm³/mol. The molecule has 0 aliphatic heterocycles. The van der Waals surface area contributed by atoms with Crippen molar-refractivity contribution in [1.82, 2.24) is 10.3 Å². The van der Waals surface area contributed by atoms with Gasteiger partial charge in [0.1, 0.15) is 5.01 Å². The van der Waals surface area contributed by atoms with Crippen molar-refractivity contribution in [2.75, 3.05) is 0 Å². The van der Waals surface area contributed by atoms with E-state index in [4.69, 9.17) is 5.73 Å². The van der Waals surface area contributed by atoms with E-state index in [2.05, 4.69) is 10.3 Å². The van der Waals surface area contributed by atoms with Gasteiger partial charge in [-0.3, -0.25) is 0 Å². The lowest BCUT2D eigenvalue weighted by Gasteiger charge is -1.94. The lowest BCUT2D eigenvalue weighted by atomic mass is 10.7. The van der Waals surface area contributed by atoms with Crippen molar-refractivity contribution in [3.8, 4) is 0 Å². The number of hydrogen-bond acceptors (Lipinski definition) is 3. The number of amides is 2. The Kier molecular flexibility index (Phi) is 2.22. The smallest absolute Gasteiger partial charge is 0.312 e. The van der Waals surface area contributed by atoms with Gasteiger partial charge in [0.05, 0.1) is 6.54 Å². The molecule has 0 aliphatic carbocycles. The molecule has 54 valence electrons. The molecule has 4 nitrogen and oxygen atoms in total. The van der Waals surface area contributed by atoms with E-state index in [9.17, 15) is 4.79 Å². The molecule has 0 aromatic carbocycles. The summed E-state index contributed by atoms with van der Waals surface area (Å²) in [6.07, 6.45) is 1.68. The molecule has 10 heavy (non-hydrogen) atoms. The Bertz CT molecular complexity index is 209. The van der Waals surface area contributed by atoms with Gasteiger partial charge in [-0.05, 0) is 0 Å². The largest absolute Gasteiger partial charge is 0.352 e. The number of carbonyl (C=O) groups is 1. The van der Waals surface area contributed by atoms with Crippen LogP contribution in [0.2, 0.25) is 0 Å². The number of nitrogens with zero attached hydrogens (tertiary/aromatic N) is 1. The summed E-state index contributed by atoms with van der Waals surface area (Å²) < 4.78 is 0. The molecule has 1 aromatic heterocycles. The van der Waals surface area contributed by atoms with Crippen molar-refractivity contribution in [3.05, 3.63) is 16.6 Å². The Morgan fingerprint density at radius 1 is 1.90 bits per heavy atom. The van der Waals surface area contributed by atoms with Crippen molar-refractivity contribution in [3.63, 3.8) is 0 Å². The Balaban J connectivity index is 2.35. The fourth-order valence-corrected chi connectivity index (χ4v) is 1.06. The predicted octanol–water partition coefficient (Wildman–Crippen LogP) is 0.311. The SMILES string of the molecule is NC(=O)NCc1nccs1. The van der Waals surface area contributed by atoms with Crippen molar-refractivity contribution < 1.29 is 4.79 Å². The number of hydrogen-bond donors (Lipinski definition) is 2. The summed E-state index contributed by atoms with van der Waals surface area (Å²) in [6, 6.07) is -0.518. The van der Waals surface area contributed by atoms with Gasteiger partial charge in [0, 0.05) is 11.6 Å². The number of thiazole rings is 1.